The highest BCUT2D eigenvalue weighted by molar-refractivity contribution is 7.93. The molecule has 1 N–H and O–H groups in total. The van der Waals surface area contributed by atoms with Gasteiger partial charge in [-0.15, -0.1) is 0 Å². The van der Waals surface area contributed by atoms with E-state index in [1.54, 1.807) is 26.0 Å². The van der Waals surface area contributed by atoms with E-state index in [0.29, 0.717) is 5.56 Å². The van der Waals surface area contributed by atoms with Crippen LogP contribution in [-0.4, -0.2) is 18.7 Å². The van der Waals surface area contributed by atoms with Crippen molar-refractivity contribution in [1.82, 2.24) is 4.98 Å². The highest BCUT2D eigenvalue weighted by Gasteiger charge is 2.24. The van der Waals surface area contributed by atoms with Crippen molar-refractivity contribution in [2.75, 3.05) is 4.72 Å². The molecule has 92 valence electrons. The Morgan fingerprint density at radius 3 is 2.76 bits per heavy atom. The van der Waals surface area contributed by atoms with Crippen molar-refractivity contribution in [2.45, 2.75) is 25.5 Å². The van der Waals surface area contributed by atoms with Crippen molar-refractivity contribution in [3.05, 3.63) is 23.0 Å². The lowest BCUT2D eigenvalue weighted by molar-refractivity contribution is 0.592. The van der Waals surface area contributed by atoms with Gasteiger partial charge in [0.2, 0.25) is 10.0 Å². The minimum Gasteiger partial charge on any atom is -0.279 e. The van der Waals surface area contributed by atoms with Gasteiger partial charge in [-0.05, 0) is 25.0 Å². The van der Waals surface area contributed by atoms with Crippen LogP contribution in [-0.2, 0) is 10.0 Å². The molecule has 0 aromatic carbocycles. The number of hydrogen-bond donors (Lipinski definition) is 1. The number of aryl methyl sites for hydroxylation is 1. The zero-order valence-electron chi connectivity index (χ0n) is 9.44. The molecule has 0 saturated heterocycles. The van der Waals surface area contributed by atoms with E-state index in [1.807, 2.05) is 0 Å². The zero-order chi connectivity index (χ0) is 13.1. The zero-order valence-corrected chi connectivity index (χ0v) is 11.0. The molecule has 1 aromatic rings. The number of nitrogens with zero attached hydrogens (tertiary/aromatic N) is 2. The van der Waals surface area contributed by atoms with E-state index in [-0.39, 0.29) is 17.3 Å². The molecule has 0 spiro atoms. The number of pyridine rings is 1. The predicted molar refractivity (Wildman–Crippen MR) is 66.2 cm³/mol. The van der Waals surface area contributed by atoms with Gasteiger partial charge in [0, 0.05) is 6.20 Å². The summed E-state index contributed by atoms with van der Waals surface area (Å²) in [5.74, 6) is 0. The van der Waals surface area contributed by atoms with E-state index in [9.17, 15) is 8.42 Å². The van der Waals surface area contributed by atoms with Gasteiger partial charge in [0.25, 0.3) is 0 Å². The summed E-state index contributed by atoms with van der Waals surface area (Å²) < 4.78 is 26.0. The Labute approximate surface area is 105 Å². The van der Waals surface area contributed by atoms with E-state index in [1.165, 1.54) is 6.20 Å². The van der Waals surface area contributed by atoms with Crippen molar-refractivity contribution in [3.63, 3.8) is 0 Å². The lowest BCUT2D eigenvalue weighted by Crippen LogP contribution is -2.26. The maximum atomic E-state index is 11.8. The Kier molecular flexibility index (Phi) is 4.32. The Hall–Kier alpha value is -1.32. The van der Waals surface area contributed by atoms with Crippen molar-refractivity contribution in [2.24, 2.45) is 0 Å². The number of hydrogen-bond acceptors (Lipinski definition) is 4. The maximum Gasteiger partial charge on any atom is 0.249 e. The van der Waals surface area contributed by atoms with Crippen molar-refractivity contribution >= 4 is 27.3 Å². The number of aromatic nitrogens is 1. The van der Waals surface area contributed by atoms with Gasteiger partial charge in [0.05, 0.1) is 11.8 Å². The Balaban J connectivity index is 3.12. The second kappa shape index (κ2) is 5.34. The third kappa shape index (κ3) is 3.08. The first-order valence-corrected chi connectivity index (χ1v) is 6.87. The molecule has 0 saturated carbocycles. The van der Waals surface area contributed by atoms with Crippen LogP contribution >= 0.6 is 11.6 Å². The normalized spacial score (nSPS) is 12.8. The number of nitrogens with one attached hydrogen (secondary N) is 1. The van der Waals surface area contributed by atoms with Crippen LogP contribution in [0.25, 0.3) is 0 Å². The van der Waals surface area contributed by atoms with E-state index < -0.39 is 15.3 Å². The molecule has 1 unspecified atom stereocenters. The molecular formula is C10H12ClN3O2S. The number of nitriles is 1. The Morgan fingerprint density at radius 2 is 2.29 bits per heavy atom. The Morgan fingerprint density at radius 1 is 1.65 bits per heavy atom. The van der Waals surface area contributed by atoms with Crippen LogP contribution in [0.1, 0.15) is 18.9 Å². The van der Waals surface area contributed by atoms with Gasteiger partial charge in [-0.25, -0.2) is 13.4 Å². The van der Waals surface area contributed by atoms with Gasteiger partial charge >= 0.3 is 0 Å². The van der Waals surface area contributed by atoms with Crippen LogP contribution < -0.4 is 4.72 Å². The standard InChI is InChI=1S/C10H12ClN3O2S/c1-3-8(6-12)17(15,16)14-9-7(2)4-5-13-10(9)11/h4-5,8,14H,3H2,1-2H3. The third-order valence-electron chi connectivity index (χ3n) is 2.25. The largest absolute Gasteiger partial charge is 0.279 e. The summed E-state index contributed by atoms with van der Waals surface area (Å²) in [5.41, 5.74) is 0.879. The van der Waals surface area contributed by atoms with Crippen molar-refractivity contribution < 1.29 is 8.42 Å². The van der Waals surface area contributed by atoms with E-state index in [4.69, 9.17) is 16.9 Å². The molecular weight excluding hydrogens is 262 g/mol. The fraction of sp³-hybridized carbons (Fsp3) is 0.400. The molecule has 1 aromatic heterocycles. The minimum absolute atomic E-state index is 0.0707. The number of anilines is 1. The molecule has 0 bridgehead atoms. The Bertz CT molecular complexity index is 531. The first kappa shape index (κ1) is 13.7. The number of halogens is 1. The summed E-state index contributed by atoms with van der Waals surface area (Å²) in [6.07, 6.45) is 1.69. The van der Waals surface area contributed by atoms with Crippen LogP contribution in [0.15, 0.2) is 12.3 Å². The maximum absolute atomic E-state index is 11.8. The molecule has 7 heteroatoms. The first-order valence-electron chi connectivity index (χ1n) is 4.94. The fourth-order valence-corrected chi connectivity index (χ4v) is 2.81. The quantitative estimate of drug-likeness (QED) is 0.852. The molecule has 17 heavy (non-hydrogen) atoms. The van der Waals surface area contributed by atoms with E-state index >= 15 is 0 Å². The number of rotatable bonds is 4. The second-order valence-electron chi connectivity index (χ2n) is 3.47. The molecule has 5 nitrogen and oxygen atoms in total. The SMILES string of the molecule is CCC(C#N)S(=O)(=O)Nc1c(C)ccnc1Cl. The van der Waals surface area contributed by atoms with Crippen LogP contribution in [0.3, 0.4) is 0 Å². The first-order chi connectivity index (χ1) is 7.92. The summed E-state index contributed by atoms with van der Waals surface area (Å²) in [6, 6.07) is 3.37. The lowest BCUT2D eigenvalue weighted by atomic mass is 10.3. The summed E-state index contributed by atoms with van der Waals surface area (Å²) in [4.78, 5) is 3.79. The van der Waals surface area contributed by atoms with Crippen LogP contribution in [0, 0.1) is 18.3 Å². The average molecular weight is 274 g/mol. The van der Waals surface area contributed by atoms with E-state index in [0.717, 1.165) is 0 Å². The van der Waals surface area contributed by atoms with Crippen molar-refractivity contribution in [1.29, 1.82) is 5.26 Å². The summed E-state index contributed by atoms with van der Waals surface area (Å²) in [5, 5.41) is 7.73. The molecule has 0 aliphatic rings. The van der Waals surface area contributed by atoms with E-state index in [2.05, 4.69) is 9.71 Å². The smallest absolute Gasteiger partial charge is 0.249 e. The van der Waals surface area contributed by atoms with Crippen molar-refractivity contribution in [3.8, 4) is 6.07 Å². The van der Waals surface area contributed by atoms with Gasteiger partial charge < -0.3 is 0 Å². The molecule has 1 heterocycles. The highest BCUT2D eigenvalue weighted by Crippen LogP contribution is 2.25. The average Bonchev–Trinajstić information content (AvgIpc) is 2.25. The summed E-state index contributed by atoms with van der Waals surface area (Å²) in [7, 11) is -3.76. The van der Waals surface area contributed by atoms with Gasteiger partial charge in [-0.3, -0.25) is 4.72 Å². The molecule has 0 radical (unpaired) electrons. The molecule has 1 atom stereocenters. The minimum atomic E-state index is -3.76. The fourth-order valence-electron chi connectivity index (χ4n) is 1.24. The molecule has 0 amide bonds. The molecule has 0 aliphatic carbocycles. The van der Waals surface area contributed by atoms with Gasteiger partial charge in [0.1, 0.15) is 0 Å². The van der Waals surface area contributed by atoms with Gasteiger partial charge in [-0.2, -0.15) is 5.26 Å². The van der Waals surface area contributed by atoms with Gasteiger partial charge in [-0.1, -0.05) is 18.5 Å². The monoisotopic (exact) mass is 273 g/mol. The highest BCUT2D eigenvalue weighted by atomic mass is 35.5. The number of sulfonamides is 1. The lowest BCUT2D eigenvalue weighted by Gasteiger charge is -2.13. The third-order valence-corrected chi connectivity index (χ3v) is 4.21. The second-order valence-corrected chi connectivity index (χ2v) is 5.69. The predicted octanol–water partition coefficient (Wildman–Crippen LogP) is 2.09. The van der Waals surface area contributed by atoms with Gasteiger partial charge in [0.15, 0.2) is 10.4 Å². The van der Waals surface area contributed by atoms with Crippen LogP contribution in [0.4, 0.5) is 5.69 Å². The van der Waals surface area contributed by atoms with Crippen LogP contribution in [0.2, 0.25) is 5.15 Å². The topological polar surface area (TPSA) is 82.8 Å². The molecule has 0 fully saturated rings. The molecule has 1 rings (SSSR count). The molecule has 0 aliphatic heterocycles. The summed E-state index contributed by atoms with van der Waals surface area (Å²) in [6.45, 7) is 3.34. The van der Waals surface area contributed by atoms with Crippen LogP contribution in [0.5, 0.6) is 0 Å². The summed E-state index contributed by atoms with van der Waals surface area (Å²) >= 11 is 5.81.